The number of halogens is 26. The van der Waals surface area contributed by atoms with E-state index in [2.05, 4.69) is 14.7 Å². The first-order valence-corrected chi connectivity index (χ1v) is 15.2. The maximum Gasteiger partial charge on any atom is 0.535 e. The van der Waals surface area contributed by atoms with Crippen molar-refractivity contribution in [3.8, 4) is 6.07 Å². The lowest BCUT2D eigenvalue weighted by atomic mass is 9.87. The van der Waals surface area contributed by atoms with Crippen molar-refractivity contribution in [2.45, 2.75) is 123 Å². The summed E-state index contributed by atoms with van der Waals surface area (Å²) in [5.74, 6) is -78.9. The molecule has 0 bridgehead atoms. The van der Waals surface area contributed by atoms with E-state index < -0.39 is 128 Å². The molecule has 0 unspecified atom stereocenters. The summed E-state index contributed by atoms with van der Waals surface area (Å²) < 4.78 is 355. The fraction of sp³-hybridized carbons (Fsp3) is 0.690. The lowest BCUT2D eigenvalue weighted by Gasteiger charge is -2.40. The minimum atomic E-state index is -8.34. The highest BCUT2D eigenvalue weighted by molar-refractivity contribution is 6.11. The van der Waals surface area contributed by atoms with Gasteiger partial charge in [-0.1, -0.05) is 35.5 Å². The van der Waals surface area contributed by atoms with E-state index in [0.717, 1.165) is 12.1 Å². The van der Waals surface area contributed by atoms with Crippen molar-refractivity contribution in [3.05, 3.63) is 35.9 Å². The Kier molecular flexibility index (Phi) is 14.9. The maximum atomic E-state index is 14.4. The minimum absolute atomic E-state index is 0.173. The van der Waals surface area contributed by atoms with Gasteiger partial charge in [-0.3, -0.25) is 4.84 Å². The molecule has 346 valence electrons. The molecule has 0 saturated carbocycles. The Hall–Kier alpha value is -4.17. The van der Waals surface area contributed by atoms with Crippen molar-refractivity contribution < 1.29 is 129 Å². The van der Waals surface area contributed by atoms with E-state index in [9.17, 15) is 119 Å². The van der Waals surface area contributed by atoms with Crippen molar-refractivity contribution >= 4 is 11.9 Å². The van der Waals surface area contributed by atoms with E-state index in [4.69, 9.17) is 5.26 Å². The van der Waals surface area contributed by atoms with E-state index in [1.165, 1.54) is 24.3 Å². The summed E-state index contributed by atoms with van der Waals surface area (Å²) in [6.07, 6.45) is -31.8. The molecule has 0 atom stereocenters. The number of hydrogen-bond donors (Lipinski definition) is 0. The number of rotatable bonds is 19. The predicted molar refractivity (Wildman–Crippen MR) is 144 cm³/mol. The lowest BCUT2D eigenvalue weighted by Crippen LogP contribution is -2.70. The number of oxime groups is 1. The first kappa shape index (κ1) is 53.8. The first-order chi connectivity index (χ1) is 26.3. The Labute approximate surface area is 316 Å². The molecule has 0 N–H and O–H groups in total. The normalized spacial score (nSPS) is 15.5. The zero-order valence-electron chi connectivity index (χ0n) is 28.6. The monoisotopic (exact) mass is 938 g/mol. The van der Waals surface area contributed by atoms with Gasteiger partial charge < -0.3 is 4.74 Å². The average Bonchev–Trinajstić information content (AvgIpc) is 3.07. The van der Waals surface area contributed by atoms with Gasteiger partial charge in [-0.25, -0.2) is 4.79 Å². The lowest BCUT2D eigenvalue weighted by molar-refractivity contribution is -0.440. The van der Waals surface area contributed by atoms with E-state index in [0.29, 0.717) is 0 Å². The Morgan fingerprint density at radius 1 is 0.517 bits per heavy atom. The quantitative estimate of drug-likeness (QED) is 0.0455. The van der Waals surface area contributed by atoms with Gasteiger partial charge in [0.2, 0.25) is 0 Å². The molecule has 31 heteroatoms. The molecular formula is C29H20F26N2O3. The Morgan fingerprint density at radius 3 is 1.13 bits per heavy atom. The standard InChI is InChI=1S/C29H20F26N2O3/c1-17(59-16(58)60-57-15(13-56)14-7-3-2-4-8-14,9-5-11-18(30,31)20(34,35)22(38,39)24(42,43)26(46,47)28(50,51)52)10-6-12-19(32,33)21(36,37)23(40,41)25(44,45)27(48,49)29(53,54)55/h2-4,7-8H,5-6,9-12H2,1H3. The second kappa shape index (κ2) is 16.6. The van der Waals surface area contributed by atoms with Crippen LogP contribution in [-0.2, 0) is 9.57 Å². The third kappa shape index (κ3) is 9.49. The number of carbonyl (C=O) groups is 1. The molecule has 0 spiro atoms. The minimum Gasteiger partial charge on any atom is -0.426 e. The number of nitriles is 1. The van der Waals surface area contributed by atoms with E-state index in [-0.39, 0.29) is 12.5 Å². The molecule has 0 aliphatic carbocycles. The van der Waals surface area contributed by atoms with Crippen molar-refractivity contribution in [2.24, 2.45) is 5.16 Å². The summed E-state index contributed by atoms with van der Waals surface area (Å²) in [6.45, 7) is 0.215. The van der Waals surface area contributed by atoms with Gasteiger partial charge in [-0.15, -0.1) is 0 Å². The van der Waals surface area contributed by atoms with Crippen LogP contribution in [0.4, 0.5) is 119 Å². The molecule has 0 aromatic heterocycles. The van der Waals surface area contributed by atoms with Gasteiger partial charge in [0.1, 0.15) is 11.7 Å². The van der Waals surface area contributed by atoms with Crippen LogP contribution in [0.1, 0.15) is 51.0 Å². The Balaban J connectivity index is 3.54. The number of alkyl halides is 26. The number of benzene rings is 1. The summed E-state index contributed by atoms with van der Waals surface area (Å²) in [6, 6.07) is 7.37. The van der Waals surface area contributed by atoms with Crippen LogP contribution in [-0.4, -0.2) is 89.0 Å². The SMILES string of the molecule is CC(CCCC(F)(F)C(F)(F)C(F)(F)C(F)(F)C(F)(F)C(F)(F)F)(CCCC(F)(F)C(F)(F)C(F)(F)C(F)(F)C(F)(F)C(F)(F)F)OC(=O)ON=C(C#N)c1ccccc1. The molecule has 0 aliphatic rings. The smallest absolute Gasteiger partial charge is 0.426 e. The van der Waals surface area contributed by atoms with Gasteiger partial charge in [0.05, 0.1) is 0 Å². The van der Waals surface area contributed by atoms with Crippen LogP contribution in [0.15, 0.2) is 35.5 Å². The average molecular weight is 938 g/mol. The van der Waals surface area contributed by atoms with Gasteiger partial charge in [-0.05, 0) is 32.6 Å². The van der Waals surface area contributed by atoms with Gasteiger partial charge in [0.15, 0.2) is 5.71 Å². The fourth-order valence-electron chi connectivity index (χ4n) is 4.55. The molecule has 1 aromatic carbocycles. The molecule has 0 heterocycles. The maximum absolute atomic E-state index is 14.4. The van der Waals surface area contributed by atoms with Crippen LogP contribution in [0, 0.1) is 11.3 Å². The molecule has 0 radical (unpaired) electrons. The van der Waals surface area contributed by atoms with Gasteiger partial charge in [-0.2, -0.15) is 119 Å². The first-order valence-electron chi connectivity index (χ1n) is 15.2. The second-order valence-electron chi connectivity index (χ2n) is 12.5. The Bertz CT molecular complexity index is 1630. The predicted octanol–water partition coefficient (Wildman–Crippen LogP) is 12.6. The molecule has 0 amide bonds. The zero-order valence-corrected chi connectivity index (χ0v) is 28.6. The van der Waals surface area contributed by atoms with Crippen LogP contribution in [0.5, 0.6) is 0 Å². The molecule has 60 heavy (non-hydrogen) atoms. The summed E-state index contributed by atoms with van der Waals surface area (Å²) in [5, 5.41) is 12.1. The Morgan fingerprint density at radius 2 is 0.833 bits per heavy atom. The van der Waals surface area contributed by atoms with Crippen molar-refractivity contribution in [1.29, 1.82) is 5.26 Å². The van der Waals surface area contributed by atoms with Gasteiger partial charge >= 0.3 is 77.7 Å². The molecule has 0 saturated heterocycles. The number of ether oxygens (including phenoxy) is 1. The van der Waals surface area contributed by atoms with Crippen LogP contribution in [0.3, 0.4) is 0 Å². The molecular weight excluding hydrogens is 918 g/mol. The largest absolute Gasteiger partial charge is 0.535 e. The second-order valence-corrected chi connectivity index (χ2v) is 12.5. The van der Waals surface area contributed by atoms with Crippen LogP contribution in [0.25, 0.3) is 0 Å². The zero-order chi connectivity index (χ0) is 47.8. The van der Waals surface area contributed by atoms with Crippen LogP contribution in [0.2, 0.25) is 0 Å². The van der Waals surface area contributed by atoms with E-state index in [1.54, 1.807) is 0 Å². The highest BCUT2D eigenvalue weighted by Crippen LogP contribution is 2.62. The van der Waals surface area contributed by atoms with Crippen molar-refractivity contribution in [2.75, 3.05) is 0 Å². The topological polar surface area (TPSA) is 71.7 Å². The number of carbonyl (C=O) groups excluding carboxylic acids is 1. The van der Waals surface area contributed by atoms with Gasteiger partial charge in [0, 0.05) is 18.4 Å². The van der Waals surface area contributed by atoms with Crippen LogP contribution < -0.4 is 0 Å². The molecule has 0 aliphatic heterocycles. The molecule has 1 aromatic rings. The summed E-state index contributed by atoms with van der Waals surface area (Å²) in [5.41, 5.74) is -4.18. The summed E-state index contributed by atoms with van der Waals surface area (Å²) in [7, 11) is 0. The van der Waals surface area contributed by atoms with Crippen molar-refractivity contribution in [3.63, 3.8) is 0 Å². The highest BCUT2D eigenvalue weighted by Gasteiger charge is 2.92. The third-order valence-corrected chi connectivity index (χ3v) is 8.08. The molecule has 5 nitrogen and oxygen atoms in total. The number of hydrogen-bond acceptors (Lipinski definition) is 5. The van der Waals surface area contributed by atoms with Crippen LogP contribution >= 0.6 is 0 Å². The molecule has 0 fully saturated rings. The van der Waals surface area contributed by atoms with E-state index in [1.807, 2.05) is 0 Å². The fourth-order valence-corrected chi connectivity index (χ4v) is 4.55. The molecule has 1 rings (SSSR count). The number of nitrogens with zero attached hydrogens (tertiary/aromatic N) is 2. The summed E-state index contributed by atoms with van der Waals surface area (Å²) in [4.78, 5) is 16.4. The summed E-state index contributed by atoms with van der Waals surface area (Å²) >= 11 is 0. The highest BCUT2D eigenvalue weighted by atomic mass is 19.4. The van der Waals surface area contributed by atoms with E-state index >= 15 is 0 Å². The van der Waals surface area contributed by atoms with Crippen molar-refractivity contribution in [1.82, 2.24) is 0 Å². The third-order valence-electron chi connectivity index (χ3n) is 8.08. The van der Waals surface area contributed by atoms with Gasteiger partial charge in [0.25, 0.3) is 0 Å².